The Morgan fingerprint density at radius 1 is 1.21 bits per heavy atom. The number of hydrogen-bond acceptors (Lipinski definition) is 3. The van der Waals surface area contributed by atoms with Crippen LogP contribution in [-0.2, 0) is 9.53 Å². The van der Waals surface area contributed by atoms with Crippen LogP contribution in [-0.4, -0.2) is 24.3 Å². The van der Waals surface area contributed by atoms with Crippen molar-refractivity contribution in [3.8, 4) is 0 Å². The second kappa shape index (κ2) is 8.15. The number of rotatable bonds is 2. The van der Waals surface area contributed by atoms with Crippen LogP contribution in [0.1, 0.15) is 53.4 Å². The Labute approximate surface area is 146 Å². The molecule has 3 nitrogen and oxygen atoms in total. The molecule has 24 heavy (non-hydrogen) atoms. The van der Waals surface area contributed by atoms with Gasteiger partial charge in [0.1, 0.15) is 0 Å². The van der Waals surface area contributed by atoms with Gasteiger partial charge in [-0.2, -0.15) is 0 Å². The topological polar surface area (TPSA) is 46.5 Å². The summed E-state index contributed by atoms with van der Waals surface area (Å²) in [6.07, 6.45) is 9.53. The molecule has 2 rings (SSSR count). The van der Waals surface area contributed by atoms with Crippen LogP contribution < -0.4 is 0 Å². The van der Waals surface area contributed by atoms with E-state index < -0.39 is 12.1 Å². The highest BCUT2D eigenvalue weighted by Crippen LogP contribution is 2.41. The summed E-state index contributed by atoms with van der Waals surface area (Å²) in [5, 5.41) is 10.6. The lowest BCUT2D eigenvalue weighted by Gasteiger charge is -2.35. The Hall–Kier alpha value is -1.35. The van der Waals surface area contributed by atoms with E-state index in [4.69, 9.17) is 4.74 Å². The minimum atomic E-state index is -0.738. The molecule has 0 amide bonds. The Morgan fingerprint density at radius 3 is 2.50 bits per heavy atom. The summed E-state index contributed by atoms with van der Waals surface area (Å²) in [5.74, 6) is 1.14. The second-order valence-electron chi connectivity index (χ2n) is 7.75. The predicted octanol–water partition coefficient (Wildman–Crippen LogP) is 4.43. The van der Waals surface area contributed by atoms with Gasteiger partial charge in [0, 0.05) is 5.92 Å². The molecule has 0 spiro atoms. The summed E-state index contributed by atoms with van der Waals surface area (Å²) in [4.78, 5) is 12.3. The largest absolute Gasteiger partial charge is 0.466 e. The molecule has 0 bridgehead atoms. The van der Waals surface area contributed by atoms with E-state index in [2.05, 4.69) is 39.8 Å². The highest BCUT2D eigenvalue weighted by molar-refractivity contribution is 5.89. The molecule has 2 aliphatic rings. The van der Waals surface area contributed by atoms with Crippen molar-refractivity contribution in [1.82, 2.24) is 0 Å². The summed E-state index contributed by atoms with van der Waals surface area (Å²) < 4.78 is 4.96. The van der Waals surface area contributed by atoms with E-state index >= 15 is 0 Å². The van der Waals surface area contributed by atoms with Crippen LogP contribution in [0.2, 0.25) is 0 Å². The first-order valence-electron chi connectivity index (χ1n) is 9.21. The highest BCUT2D eigenvalue weighted by Gasteiger charge is 2.32. The van der Waals surface area contributed by atoms with Crippen molar-refractivity contribution in [1.29, 1.82) is 0 Å². The third kappa shape index (κ3) is 4.18. The molecule has 4 atom stereocenters. The summed E-state index contributed by atoms with van der Waals surface area (Å²) in [5.41, 5.74) is 3.14. The van der Waals surface area contributed by atoms with Crippen LogP contribution in [0.3, 0.4) is 0 Å². The first-order valence-corrected chi connectivity index (χ1v) is 9.21. The number of methoxy groups -OCH3 is 1. The molecule has 0 aliphatic heterocycles. The lowest BCUT2D eigenvalue weighted by atomic mass is 9.70. The van der Waals surface area contributed by atoms with Gasteiger partial charge in [0.05, 0.1) is 18.8 Å². The monoisotopic (exact) mass is 332 g/mol. The third-order valence-corrected chi connectivity index (χ3v) is 5.65. The van der Waals surface area contributed by atoms with Gasteiger partial charge in [0.2, 0.25) is 0 Å². The molecule has 0 radical (unpaired) electrons. The number of esters is 1. The third-order valence-electron chi connectivity index (χ3n) is 5.65. The van der Waals surface area contributed by atoms with Crippen LogP contribution in [0.5, 0.6) is 0 Å². The average Bonchev–Trinajstić information content (AvgIpc) is 2.55. The number of aliphatic hydroxyl groups excluding tert-OH is 1. The first kappa shape index (κ1) is 19.0. The minimum Gasteiger partial charge on any atom is -0.466 e. The average molecular weight is 332 g/mol. The van der Waals surface area contributed by atoms with E-state index in [0.29, 0.717) is 29.7 Å². The van der Waals surface area contributed by atoms with Gasteiger partial charge < -0.3 is 9.84 Å². The van der Waals surface area contributed by atoms with Crippen molar-refractivity contribution in [3.05, 3.63) is 34.9 Å². The van der Waals surface area contributed by atoms with Crippen LogP contribution in [0.15, 0.2) is 34.9 Å². The van der Waals surface area contributed by atoms with E-state index in [1.807, 2.05) is 6.08 Å². The number of ether oxygens (including phenoxy) is 1. The fraction of sp³-hybridized carbons (Fsp3) is 0.667. The molecular formula is C21H32O3. The molecular weight excluding hydrogens is 300 g/mol. The zero-order valence-corrected chi connectivity index (χ0v) is 15.7. The second-order valence-corrected chi connectivity index (χ2v) is 7.75. The van der Waals surface area contributed by atoms with E-state index in [-0.39, 0.29) is 5.92 Å². The maximum atomic E-state index is 12.3. The SMILES string of the molecule is COC(=O)/C1=C\C2C(C(C)C)=CC=C(C)C2CCC(C)CCC1O. The number of carbonyl (C=O) groups is 1. The van der Waals surface area contributed by atoms with Gasteiger partial charge in [0.25, 0.3) is 0 Å². The Kier molecular flexibility index (Phi) is 6.45. The van der Waals surface area contributed by atoms with Gasteiger partial charge in [-0.15, -0.1) is 0 Å². The van der Waals surface area contributed by atoms with E-state index in [1.54, 1.807) is 0 Å². The number of allylic oxidation sites excluding steroid dienone is 5. The summed E-state index contributed by atoms with van der Waals surface area (Å²) in [6.45, 7) is 8.82. The maximum absolute atomic E-state index is 12.3. The smallest absolute Gasteiger partial charge is 0.336 e. The zero-order chi connectivity index (χ0) is 17.9. The van der Waals surface area contributed by atoms with Crippen molar-refractivity contribution in [3.63, 3.8) is 0 Å². The Bertz CT molecular complexity index is 553. The summed E-state index contributed by atoms with van der Waals surface area (Å²) >= 11 is 0. The Balaban J connectivity index is 2.50. The van der Waals surface area contributed by atoms with Crippen molar-refractivity contribution >= 4 is 5.97 Å². The van der Waals surface area contributed by atoms with Gasteiger partial charge in [-0.05, 0) is 43.9 Å². The molecule has 1 N–H and O–H groups in total. The molecule has 0 aromatic carbocycles. The molecule has 134 valence electrons. The van der Waals surface area contributed by atoms with Crippen molar-refractivity contribution in [2.75, 3.05) is 7.11 Å². The fourth-order valence-corrected chi connectivity index (χ4v) is 4.01. The number of aliphatic hydroxyl groups is 1. The molecule has 2 aliphatic carbocycles. The van der Waals surface area contributed by atoms with Gasteiger partial charge in [-0.25, -0.2) is 4.79 Å². The van der Waals surface area contributed by atoms with Crippen LogP contribution in [0, 0.1) is 23.7 Å². The molecule has 0 fully saturated rings. The molecule has 0 heterocycles. The minimum absolute atomic E-state index is 0.170. The zero-order valence-electron chi connectivity index (χ0n) is 15.7. The van der Waals surface area contributed by atoms with Crippen molar-refractivity contribution in [2.45, 2.75) is 59.5 Å². The molecule has 0 aromatic heterocycles. The quantitative estimate of drug-likeness (QED) is 0.761. The van der Waals surface area contributed by atoms with E-state index in [1.165, 1.54) is 18.3 Å². The molecule has 3 heteroatoms. The molecule has 4 unspecified atom stereocenters. The van der Waals surface area contributed by atoms with E-state index in [0.717, 1.165) is 19.3 Å². The summed E-state index contributed by atoms with van der Waals surface area (Å²) in [7, 11) is 1.39. The molecule has 0 saturated carbocycles. The van der Waals surface area contributed by atoms with Crippen molar-refractivity contribution < 1.29 is 14.6 Å². The van der Waals surface area contributed by atoms with Gasteiger partial charge in [-0.3, -0.25) is 0 Å². The fourth-order valence-electron chi connectivity index (χ4n) is 4.01. The number of hydrogen-bond donors (Lipinski definition) is 1. The first-order chi connectivity index (χ1) is 11.3. The summed E-state index contributed by atoms with van der Waals surface area (Å²) in [6, 6.07) is 0. The lowest BCUT2D eigenvalue weighted by Crippen LogP contribution is -2.28. The normalized spacial score (nSPS) is 33.7. The highest BCUT2D eigenvalue weighted by atomic mass is 16.5. The van der Waals surface area contributed by atoms with Crippen LogP contribution >= 0.6 is 0 Å². The number of carbonyl (C=O) groups excluding carboxylic acids is 1. The predicted molar refractivity (Wildman–Crippen MR) is 97.4 cm³/mol. The van der Waals surface area contributed by atoms with Gasteiger partial charge in [-0.1, -0.05) is 56.6 Å². The Morgan fingerprint density at radius 2 is 1.88 bits per heavy atom. The number of fused-ring (bicyclic) bond motifs is 1. The molecule has 0 aromatic rings. The van der Waals surface area contributed by atoms with Crippen LogP contribution in [0.4, 0.5) is 0 Å². The van der Waals surface area contributed by atoms with Gasteiger partial charge >= 0.3 is 5.97 Å². The van der Waals surface area contributed by atoms with Crippen molar-refractivity contribution in [2.24, 2.45) is 23.7 Å². The maximum Gasteiger partial charge on any atom is 0.336 e. The van der Waals surface area contributed by atoms with Crippen LogP contribution in [0.25, 0.3) is 0 Å². The van der Waals surface area contributed by atoms with E-state index in [9.17, 15) is 9.90 Å². The van der Waals surface area contributed by atoms with Gasteiger partial charge in [0.15, 0.2) is 0 Å². The standard InChI is InChI=1S/C21H32O3/c1-13(2)16-10-8-15(4)17-9-6-14(3)7-11-20(22)19(12-18(16)17)21(23)24-5/h8,10,12-14,17-18,20,22H,6-7,9,11H2,1-5H3/b19-12-. The molecule has 0 saturated heterocycles. The lowest BCUT2D eigenvalue weighted by molar-refractivity contribution is -0.137.